The zero-order chi connectivity index (χ0) is 32.6. The third-order valence-corrected chi connectivity index (χ3v) is 9.15. The van der Waals surface area contributed by atoms with Crippen molar-refractivity contribution in [3.05, 3.63) is 182 Å². The molecule has 0 fully saturated rings. The first-order valence-electron chi connectivity index (χ1n) is 16.4. The van der Waals surface area contributed by atoms with Crippen LogP contribution >= 0.6 is 0 Å². The van der Waals surface area contributed by atoms with Gasteiger partial charge in [0.25, 0.3) is 0 Å². The zero-order valence-electron chi connectivity index (χ0n) is 26.6. The van der Waals surface area contributed by atoms with Crippen molar-refractivity contribution in [3.8, 4) is 61.8 Å². The Morgan fingerprint density at radius 3 is 1.43 bits per heavy atom. The summed E-state index contributed by atoms with van der Waals surface area (Å²) < 4.78 is 2.34. The van der Waals surface area contributed by atoms with Gasteiger partial charge in [-0.2, -0.15) is 0 Å². The monoisotopic (exact) mass is 626 g/mol. The molecule has 0 radical (unpaired) electrons. The molecular weight excluding hydrogens is 597 g/mol. The standard InChI is InChI=1S/C45H30N4/c1-2-9-31(10-3-1)32-18-22-36(23-19-32)45-47-41(34-20-16-33(17-21-34)37-11-8-28-46-30-37)29-42(48-45)35-24-26-38(27-25-35)49-43-14-6-4-12-39(43)40-13-5-7-15-44(40)49/h1-30H. The van der Waals surface area contributed by atoms with Gasteiger partial charge in [0.2, 0.25) is 0 Å². The molecular formula is C45H30N4. The van der Waals surface area contributed by atoms with Crippen LogP contribution in [0.15, 0.2) is 182 Å². The number of pyridine rings is 1. The maximum atomic E-state index is 5.13. The number of para-hydroxylation sites is 2. The van der Waals surface area contributed by atoms with E-state index in [1.807, 2.05) is 18.3 Å². The molecule has 0 aliphatic rings. The van der Waals surface area contributed by atoms with E-state index in [0.717, 1.165) is 50.5 Å². The Hall–Kier alpha value is -6.65. The normalized spacial score (nSPS) is 11.3. The van der Waals surface area contributed by atoms with Crippen LogP contribution in [0.25, 0.3) is 83.6 Å². The molecule has 0 bridgehead atoms. The van der Waals surface area contributed by atoms with Crippen molar-refractivity contribution >= 4 is 21.8 Å². The minimum absolute atomic E-state index is 0.690. The highest BCUT2D eigenvalue weighted by Gasteiger charge is 2.14. The fourth-order valence-electron chi connectivity index (χ4n) is 6.66. The van der Waals surface area contributed by atoms with Gasteiger partial charge in [0, 0.05) is 45.5 Å². The lowest BCUT2D eigenvalue weighted by molar-refractivity contribution is 1.17. The molecule has 0 saturated carbocycles. The molecule has 4 nitrogen and oxygen atoms in total. The molecule has 9 rings (SSSR count). The molecule has 4 heteroatoms. The largest absolute Gasteiger partial charge is 0.309 e. The fraction of sp³-hybridized carbons (Fsp3) is 0. The third-order valence-electron chi connectivity index (χ3n) is 9.15. The lowest BCUT2D eigenvalue weighted by Crippen LogP contribution is -1.97. The maximum absolute atomic E-state index is 5.13. The number of fused-ring (bicyclic) bond motifs is 3. The first-order valence-corrected chi connectivity index (χ1v) is 16.4. The Morgan fingerprint density at radius 1 is 0.367 bits per heavy atom. The van der Waals surface area contributed by atoms with E-state index in [2.05, 4.69) is 167 Å². The number of nitrogens with zero attached hydrogens (tertiary/aromatic N) is 4. The van der Waals surface area contributed by atoms with Gasteiger partial charge in [-0.15, -0.1) is 0 Å². The van der Waals surface area contributed by atoms with E-state index in [0.29, 0.717) is 5.82 Å². The molecule has 0 saturated heterocycles. The molecule has 0 atom stereocenters. The fourth-order valence-corrected chi connectivity index (χ4v) is 6.66. The Kier molecular flexibility index (Phi) is 7.10. The highest BCUT2D eigenvalue weighted by molar-refractivity contribution is 6.09. The van der Waals surface area contributed by atoms with Crippen LogP contribution in [0.2, 0.25) is 0 Å². The van der Waals surface area contributed by atoms with Crippen molar-refractivity contribution in [1.82, 2.24) is 19.5 Å². The number of benzene rings is 6. The molecule has 230 valence electrons. The minimum atomic E-state index is 0.690. The molecule has 49 heavy (non-hydrogen) atoms. The molecule has 0 aliphatic carbocycles. The topological polar surface area (TPSA) is 43.6 Å². The van der Waals surface area contributed by atoms with Gasteiger partial charge >= 0.3 is 0 Å². The summed E-state index contributed by atoms with van der Waals surface area (Å²) in [6.07, 6.45) is 3.68. The highest BCUT2D eigenvalue weighted by Crippen LogP contribution is 2.34. The summed E-state index contributed by atoms with van der Waals surface area (Å²) in [5.41, 5.74) is 12.8. The Labute approximate surface area is 284 Å². The SMILES string of the molecule is c1ccc(-c2ccc(-c3nc(-c4ccc(-c5cccnc5)cc4)cc(-c4ccc(-n5c6ccccc6c6ccccc65)cc4)n3)cc2)cc1. The van der Waals surface area contributed by atoms with Crippen LogP contribution in [0.4, 0.5) is 0 Å². The molecule has 6 aromatic carbocycles. The average Bonchev–Trinajstić information content (AvgIpc) is 3.53. The summed E-state index contributed by atoms with van der Waals surface area (Å²) >= 11 is 0. The van der Waals surface area contributed by atoms with Crippen molar-refractivity contribution < 1.29 is 0 Å². The van der Waals surface area contributed by atoms with Gasteiger partial charge in [0.15, 0.2) is 5.82 Å². The summed E-state index contributed by atoms with van der Waals surface area (Å²) in [6, 6.07) is 59.5. The lowest BCUT2D eigenvalue weighted by Gasteiger charge is -2.12. The second-order valence-electron chi connectivity index (χ2n) is 12.1. The van der Waals surface area contributed by atoms with Gasteiger partial charge in [-0.05, 0) is 58.7 Å². The van der Waals surface area contributed by atoms with E-state index in [9.17, 15) is 0 Å². The molecule has 9 aromatic rings. The van der Waals surface area contributed by atoms with Crippen LogP contribution in [0.1, 0.15) is 0 Å². The van der Waals surface area contributed by atoms with E-state index < -0.39 is 0 Å². The van der Waals surface area contributed by atoms with Crippen LogP contribution in [0.5, 0.6) is 0 Å². The zero-order valence-corrected chi connectivity index (χ0v) is 26.6. The van der Waals surface area contributed by atoms with Crippen molar-refractivity contribution in [3.63, 3.8) is 0 Å². The second-order valence-corrected chi connectivity index (χ2v) is 12.1. The Morgan fingerprint density at radius 2 is 0.837 bits per heavy atom. The predicted octanol–water partition coefficient (Wildman–Crippen LogP) is 11.3. The van der Waals surface area contributed by atoms with Gasteiger partial charge < -0.3 is 4.57 Å². The first kappa shape index (κ1) is 28.6. The van der Waals surface area contributed by atoms with Crippen molar-refractivity contribution in [2.45, 2.75) is 0 Å². The van der Waals surface area contributed by atoms with E-state index in [1.165, 1.54) is 27.4 Å². The average molecular weight is 627 g/mol. The summed E-state index contributed by atoms with van der Waals surface area (Å²) in [4.78, 5) is 14.5. The Balaban J connectivity index is 1.13. The molecule has 0 spiro atoms. The van der Waals surface area contributed by atoms with Crippen LogP contribution < -0.4 is 0 Å². The van der Waals surface area contributed by atoms with Crippen LogP contribution in [-0.2, 0) is 0 Å². The van der Waals surface area contributed by atoms with E-state index in [-0.39, 0.29) is 0 Å². The van der Waals surface area contributed by atoms with Gasteiger partial charge in [0.05, 0.1) is 22.4 Å². The maximum Gasteiger partial charge on any atom is 0.160 e. The van der Waals surface area contributed by atoms with Crippen LogP contribution in [-0.4, -0.2) is 19.5 Å². The molecule has 0 aliphatic heterocycles. The Bertz CT molecular complexity index is 2400. The summed E-state index contributed by atoms with van der Waals surface area (Å²) in [5.74, 6) is 0.690. The third kappa shape index (κ3) is 5.35. The lowest BCUT2D eigenvalue weighted by atomic mass is 10.0. The summed E-state index contributed by atoms with van der Waals surface area (Å²) in [5, 5.41) is 2.50. The summed E-state index contributed by atoms with van der Waals surface area (Å²) in [7, 11) is 0. The highest BCUT2D eigenvalue weighted by atomic mass is 15.0. The van der Waals surface area contributed by atoms with E-state index in [1.54, 1.807) is 6.20 Å². The first-order chi connectivity index (χ1) is 24.3. The van der Waals surface area contributed by atoms with Crippen molar-refractivity contribution in [2.24, 2.45) is 0 Å². The van der Waals surface area contributed by atoms with Gasteiger partial charge in [-0.25, -0.2) is 9.97 Å². The molecule has 0 N–H and O–H groups in total. The number of hydrogen-bond acceptors (Lipinski definition) is 3. The van der Waals surface area contributed by atoms with Crippen LogP contribution in [0, 0.1) is 0 Å². The predicted molar refractivity (Wildman–Crippen MR) is 201 cm³/mol. The van der Waals surface area contributed by atoms with Gasteiger partial charge in [0.1, 0.15) is 0 Å². The van der Waals surface area contributed by atoms with E-state index in [4.69, 9.17) is 9.97 Å². The number of rotatable bonds is 6. The molecule has 3 aromatic heterocycles. The van der Waals surface area contributed by atoms with Crippen molar-refractivity contribution in [1.29, 1.82) is 0 Å². The minimum Gasteiger partial charge on any atom is -0.309 e. The van der Waals surface area contributed by atoms with Crippen LogP contribution in [0.3, 0.4) is 0 Å². The summed E-state index contributed by atoms with van der Waals surface area (Å²) in [6.45, 7) is 0. The molecule has 3 heterocycles. The van der Waals surface area contributed by atoms with Crippen molar-refractivity contribution in [2.75, 3.05) is 0 Å². The smallest absolute Gasteiger partial charge is 0.160 e. The van der Waals surface area contributed by atoms with Gasteiger partial charge in [-0.3, -0.25) is 4.98 Å². The number of aromatic nitrogens is 4. The van der Waals surface area contributed by atoms with Gasteiger partial charge in [-0.1, -0.05) is 133 Å². The molecule has 0 amide bonds. The quantitative estimate of drug-likeness (QED) is 0.184. The number of hydrogen-bond donors (Lipinski definition) is 0. The van der Waals surface area contributed by atoms with E-state index >= 15 is 0 Å². The second kappa shape index (κ2) is 12.2. The molecule has 0 unspecified atom stereocenters.